The van der Waals surface area contributed by atoms with E-state index in [0.29, 0.717) is 0 Å². The predicted octanol–water partition coefficient (Wildman–Crippen LogP) is 3.24. The Labute approximate surface area is 106 Å². The number of thiazole rings is 1. The molecule has 3 heteroatoms. The van der Waals surface area contributed by atoms with Crippen molar-refractivity contribution in [1.29, 1.82) is 0 Å². The van der Waals surface area contributed by atoms with Crippen LogP contribution in [0.3, 0.4) is 0 Å². The van der Waals surface area contributed by atoms with Gasteiger partial charge in [0.1, 0.15) is 0 Å². The molecule has 1 fully saturated rings. The molecule has 2 N–H and O–H groups in total. The lowest BCUT2D eigenvalue weighted by Crippen LogP contribution is -2.31. The predicted molar refractivity (Wildman–Crippen MR) is 73.6 cm³/mol. The first kappa shape index (κ1) is 11.2. The van der Waals surface area contributed by atoms with E-state index >= 15 is 0 Å². The molecule has 3 rings (SSSR count). The Morgan fingerprint density at radius 1 is 1.47 bits per heavy atom. The summed E-state index contributed by atoms with van der Waals surface area (Å²) in [5.41, 5.74) is 8.93. The Morgan fingerprint density at radius 2 is 2.24 bits per heavy atom. The second kappa shape index (κ2) is 3.79. The molecule has 0 saturated heterocycles. The van der Waals surface area contributed by atoms with Gasteiger partial charge in [-0.05, 0) is 43.9 Å². The maximum Gasteiger partial charge on any atom is 0.0935 e. The van der Waals surface area contributed by atoms with Crippen LogP contribution in [0.15, 0.2) is 18.2 Å². The fourth-order valence-corrected chi connectivity index (χ4v) is 3.52. The SMILES string of the molecule is CCc1nc2ccc(C3(C(C)N)CC3)cc2s1. The monoisotopic (exact) mass is 246 g/mol. The van der Waals surface area contributed by atoms with E-state index in [4.69, 9.17) is 5.73 Å². The van der Waals surface area contributed by atoms with Crippen LogP contribution in [-0.4, -0.2) is 11.0 Å². The quantitative estimate of drug-likeness (QED) is 0.903. The third-order valence-corrected chi connectivity index (χ3v) is 5.13. The fourth-order valence-electron chi connectivity index (χ4n) is 2.57. The molecule has 0 amide bonds. The van der Waals surface area contributed by atoms with E-state index in [1.54, 1.807) is 0 Å². The van der Waals surface area contributed by atoms with Crippen molar-refractivity contribution in [3.8, 4) is 0 Å². The Balaban J connectivity index is 2.07. The van der Waals surface area contributed by atoms with Gasteiger partial charge < -0.3 is 5.73 Å². The van der Waals surface area contributed by atoms with E-state index in [2.05, 4.69) is 37.0 Å². The van der Waals surface area contributed by atoms with Crippen molar-refractivity contribution < 1.29 is 0 Å². The van der Waals surface area contributed by atoms with Gasteiger partial charge in [-0.1, -0.05) is 13.0 Å². The fraction of sp³-hybridized carbons (Fsp3) is 0.500. The van der Waals surface area contributed by atoms with Crippen LogP contribution in [0, 0.1) is 0 Å². The molecule has 0 bridgehead atoms. The van der Waals surface area contributed by atoms with E-state index in [1.165, 1.54) is 28.1 Å². The zero-order valence-electron chi connectivity index (χ0n) is 10.4. The van der Waals surface area contributed by atoms with Crippen LogP contribution in [0.5, 0.6) is 0 Å². The van der Waals surface area contributed by atoms with Crippen LogP contribution < -0.4 is 5.73 Å². The lowest BCUT2D eigenvalue weighted by molar-refractivity contribution is 0.557. The van der Waals surface area contributed by atoms with Gasteiger partial charge >= 0.3 is 0 Å². The molecule has 90 valence electrons. The number of hydrogen-bond donors (Lipinski definition) is 1. The van der Waals surface area contributed by atoms with Crippen LogP contribution in [-0.2, 0) is 11.8 Å². The van der Waals surface area contributed by atoms with Gasteiger partial charge in [0.25, 0.3) is 0 Å². The minimum atomic E-state index is 0.249. The lowest BCUT2D eigenvalue weighted by atomic mass is 9.89. The van der Waals surface area contributed by atoms with E-state index in [9.17, 15) is 0 Å². The lowest BCUT2D eigenvalue weighted by Gasteiger charge is -2.19. The zero-order valence-corrected chi connectivity index (χ0v) is 11.2. The van der Waals surface area contributed by atoms with Crippen LogP contribution >= 0.6 is 11.3 Å². The second-order valence-corrected chi connectivity index (χ2v) is 6.20. The van der Waals surface area contributed by atoms with Crippen molar-refractivity contribution in [2.24, 2.45) is 5.73 Å². The van der Waals surface area contributed by atoms with Gasteiger partial charge in [-0.15, -0.1) is 11.3 Å². The van der Waals surface area contributed by atoms with Crippen molar-refractivity contribution in [3.05, 3.63) is 28.8 Å². The minimum Gasteiger partial charge on any atom is -0.327 e. The summed E-state index contributed by atoms with van der Waals surface area (Å²) in [6.07, 6.45) is 3.48. The summed E-state index contributed by atoms with van der Waals surface area (Å²) in [6.45, 7) is 4.28. The van der Waals surface area contributed by atoms with Gasteiger partial charge in [-0.2, -0.15) is 0 Å². The van der Waals surface area contributed by atoms with Crippen molar-refractivity contribution in [3.63, 3.8) is 0 Å². The molecule has 1 aliphatic rings. The van der Waals surface area contributed by atoms with Crippen molar-refractivity contribution in [2.75, 3.05) is 0 Å². The van der Waals surface area contributed by atoms with Crippen molar-refractivity contribution in [2.45, 2.75) is 44.6 Å². The van der Waals surface area contributed by atoms with Gasteiger partial charge in [-0.3, -0.25) is 0 Å². The number of nitrogens with two attached hydrogens (primary N) is 1. The molecule has 2 nitrogen and oxygen atoms in total. The van der Waals surface area contributed by atoms with Crippen molar-refractivity contribution >= 4 is 21.6 Å². The maximum absolute atomic E-state index is 6.13. The highest BCUT2D eigenvalue weighted by molar-refractivity contribution is 7.18. The van der Waals surface area contributed by atoms with E-state index in [1.807, 2.05) is 11.3 Å². The summed E-state index contributed by atoms with van der Waals surface area (Å²) in [4.78, 5) is 4.61. The average Bonchev–Trinajstić information content (AvgIpc) is 3.03. The molecule has 1 aliphatic carbocycles. The molecule has 1 unspecified atom stereocenters. The van der Waals surface area contributed by atoms with Gasteiger partial charge in [0, 0.05) is 11.5 Å². The van der Waals surface area contributed by atoms with Crippen LogP contribution in [0.4, 0.5) is 0 Å². The molecular formula is C14H18N2S. The van der Waals surface area contributed by atoms with Gasteiger partial charge in [-0.25, -0.2) is 4.98 Å². The molecular weight excluding hydrogens is 228 g/mol. The highest BCUT2D eigenvalue weighted by atomic mass is 32.1. The molecule has 1 aromatic heterocycles. The molecule has 1 aromatic carbocycles. The Hall–Kier alpha value is -0.930. The summed E-state index contributed by atoms with van der Waals surface area (Å²) in [6, 6.07) is 6.93. The number of aryl methyl sites for hydroxylation is 1. The third-order valence-electron chi connectivity index (χ3n) is 3.97. The van der Waals surface area contributed by atoms with Gasteiger partial charge in [0.15, 0.2) is 0 Å². The van der Waals surface area contributed by atoms with Crippen LogP contribution in [0.25, 0.3) is 10.2 Å². The Bertz CT molecular complexity index is 552. The number of aromatic nitrogens is 1. The first-order chi connectivity index (χ1) is 8.15. The highest BCUT2D eigenvalue weighted by Crippen LogP contribution is 2.50. The molecule has 1 atom stereocenters. The number of benzene rings is 1. The Morgan fingerprint density at radius 3 is 2.82 bits per heavy atom. The highest BCUT2D eigenvalue weighted by Gasteiger charge is 2.47. The topological polar surface area (TPSA) is 38.9 Å². The molecule has 1 saturated carbocycles. The van der Waals surface area contributed by atoms with Crippen LogP contribution in [0.2, 0.25) is 0 Å². The zero-order chi connectivity index (χ0) is 12.0. The number of fused-ring (bicyclic) bond motifs is 1. The summed E-state index contributed by atoms with van der Waals surface area (Å²) < 4.78 is 1.31. The minimum absolute atomic E-state index is 0.249. The average molecular weight is 246 g/mol. The number of rotatable bonds is 3. The number of hydrogen-bond acceptors (Lipinski definition) is 3. The summed E-state index contributed by atoms with van der Waals surface area (Å²) >= 11 is 1.82. The van der Waals surface area contributed by atoms with Gasteiger partial charge in [0.2, 0.25) is 0 Å². The normalized spacial score (nSPS) is 19.5. The molecule has 0 spiro atoms. The summed E-state index contributed by atoms with van der Waals surface area (Å²) in [5, 5.41) is 1.22. The molecule has 1 heterocycles. The molecule has 0 aliphatic heterocycles. The smallest absolute Gasteiger partial charge is 0.0935 e. The third kappa shape index (κ3) is 1.69. The summed E-state index contributed by atoms with van der Waals surface area (Å²) in [5.74, 6) is 0. The Kier molecular flexibility index (Phi) is 2.49. The van der Waals surface area contributed by atoms with Crippen molar-refractivity contribution in [1.82, 2.24) is 4.98 Å². The largest absolute Gasteiger partial charge is 0.327 e. The maximum atomic E-state index is 6.13. The van der Waals surface area contributed by atoms with E-state index in [-0.39, 0.29) is 11.5 Å². The van der Waals surface area contributed by atoms with E-state index in [0.717, 1.165) is 11.9 Å². The molecule has 2 aromatic rings. The molecule has 17 heavy (non-hydrogen) atoms. The first-order valence-electron chi connectivity index (χ1n) is 6.31. The second-order valence-electron chi connectivity index (χ2n) is 5.09. The summed E-state index contributed by atoms with van der Waals surface area (Å²) in [7, 11) is 0. The molecule has 0 radical (unpaired) electrons. The van der Waals surface area contributed by atoms with Crippen LogP contribution in [0.1, 0.15) is 37.3 Å². The first-order valence-corrected chi connectivity index (χ1v) is 7.13. The van der Waals surface area contributed by atoms with Gasteiger partial charge in [0.05, 0.1) is 15.2 Å². The van der Waals surface area contributed by atoms with E-state index < -0.39 is 0 Å². The number of nitrogens with zero attached hydrogens (tertiary/aromatic N) is 1. The standard InChI is InChI=1S/C14H18N2S/c1-3-13-16-11-5-4-10(8-12(11)17-13)14(6-7-14)9(2)15/h4-5,8-9H,3,6-7,15H2,1-2H3.